The van der Waals surface area contributed by atoms with Gasteiger partial charge in [-0.3, -0.25) is 0 Å². The van der Waals surface area contributed by atoms with Crippen LogP contribution in [0.5, 0.6) is 0 Å². The van der Waals surface area contributed by atoms with Gasteiger partial charge in [-0.25, -0.2) is 0 Å². The van der Waals surface area contributed by atoms with Crippen LogP contribution in [0.25, 0.3) is 0 Å². The zero-order valence-electron chi connectivity index (χ0n) is 10.2. The number of rotatable bonds is 1. The van der Waals surface area contributed by atoms with Gasteiger partial charge in [-0.1, -0.05) is 69.1 Å². The molecule has 3 rings (SSSR count). The van der Waals surface area contributed by atoms with Crippen molar-refractivity contribution in [2.24, 2.45) is 0 Å². The van der Waals surface area contributed by atoms with E-state index in [2.05, 4.69) is 81.2 Å². The Kier molecular flexibility index (Phi) is 3.33. The Balaban J connectivity index is 2.14. The van der Waals surface area contributed by atoms with E-state index in [0.29, 0.717) is 11.8 Å². The lowest BCUT2D eigenvalue weighted by molar-refractivity contribution is 0.683. The number of halogens is 2. The first-order chi connectivity index (χ1) is 8.68. The van der Waals surface area contributed by atoms with Crippen LogP contribution in [0.4, 0.5) is 0 Å². The first-order valence-corrected chi connectivity index (χ1v) is 7.80. The Hall–Kier alpha value is -0.600. The molecule has 2 heteroatoms. The van der Waals surface area contributed by atoms with Crippen LogP contribution >= 0.6 is 31.9 Å². The lowest BCUT2D eigenvalue weighted by Gasteiger charge is -2.14. The summed E-state index contributed by atoms with van der Waals surface area (Å²) in [5.74, 6) is 1.13. The monoisotopic (exact) mass is 364 g/mol. The molecule has 1 aliphatic rings. The Bertz CT molecular complexity index is 589. The smallest absolute Gasteiger partial charge is 0.0213 e. The topological polar surface area (TPSA) is 0 Å². The third kappa shape index (κ3) is 1.96. The molecule has 2 atom stereocenters. The van der Waals surface area contributed by atoms with E-state index < -0.39 is 0 Å². The van der Waals surface area contributed by atoms with Crippen molar-refractivity contribution >= 4 is 31.9 Å². The largest absolute Gasteiger partial charge is 0.0619 e. The van der Waals surface area contributed by atoms with Gasteiger partial charge < -0.3 is 0 Å². The highest BCUT2D eigenvalue weighted by molar-refractivity contribution is 9.10. The molecule has 2 aromatic carbocycles. The van der Waals surface area contributed by atoms with Crippen LogP contribution in [-0.4, -0.2) is 0 Å². The van der Waals surface area contributed by atoms with Crippen LogP contribution in [-0.2, 0) is 0 Å². The Morgan fingerprint density at radius 3 is 2.33 bits per heavy atom. The molecule has 0 aliphatic heterocycles. The Morgan fingerprint density at radius 2 is 1.56 bits per heavy atom. The molecule has 2 aromatic rings. The number of hydrogen-bond donors (Lipinski definition) is 0. The highest BCUT2D eigenvalue weighted by Gasteiger charge is 2.31. The van der Waals surface area contributed by atoms with Crippen molar-refractivity contribution in [3.63, 3.8) is 0 Å². The maximum absolute atomic E-state index is 3.69. The lowest BCUT2D eigenvalue weighted by atomic mass is 9.93. The van der Waals surface area contributed by atoms with Gasteiger partial charge in [0.2, 0.25) is 0 Å². The molecule has 92 valence electrons. The molecule has 1 aliphatic carbocycles. The molecular weight excluding hydrogens is 352 g/mol. The molecule has 18 heavy (non-hydrogen) atoms. The maximum atomic E-state index is 3.69. The summed E-state index contributed by atoms with van der Waals surface area (Å²) >= 11 is 7.38. The van der Waals surface area contributed by atoms with E-state index >= 15 is 0 Å². The van der Waals surface area contributed by atoms with Crippen LogP contribution in [0, 0.1) is 0 Å². The van der Waals surface area contributed by atoms with Crippen molar-refractivity contribution in [2.75, 3.05) is 0 Å². The van der Waals surface area contributed by atoms with Crippen LogP contribution in [0.1, 0.15) is 41.9 Å². The van der Waals surface area contributed by atoms with E-state index in [0.717, 1.165) is 0 Å². The fourth-order valence-electron chi connectivity index (χ4n) is 3.03. The third-order valence-electron chi connectivity index (χ3n) is 3.82. The second-order valence-electron chi connectivity index (χ2n) is 4.95. The maximum Gasteiger partial charge on any atom is 0.0213 e. The van der Waals surface area contributed by atoms with Gasteiger partial charge in [-0.05, 0) is 41.2 Å². The van der Waals surface area contributed by atoms with Crippen LogP contribution < -0.4 is 0 Å². The van der Waals surface area contributed by atoms with E-state index in [4.69, 9.17) is 0 Å². The predicted octanol–water partition coefficient (Wildman–Crippen LogP) is 5.85. The predicted molar refractivity (Wildman–Crippen MR) is 83.2 cm³/mol. The van der Waals surface area contributed by atoms with E-state index in [1.54, 1.807) is 0 Å². The van der Waals surface area contributed by atoms with Crippen molar-refractivity contribution in [3.8, 4) is 0 Å². The third-order valence-corrected chi connectivity index (χ3v) is 5.24. The van der Waals surface area contributed by atoms with Crippen molar-refractivity contribution in [2.45, 2.75) is 25.2 Å². The van der Waals surface area contributed by atoms with Crippen molar-refractivity contribution < 1.29 is 0 Å². The molecule has 0 aromatic heterocycles. The number of benzene rings is 2. The molecule has 0 nitrogen and oxygen atoms in total. The van der Waals surface area contributed by atoms with Gasteiger partial charge in [-0.2, -0.15) is 0 Å². The second-order valence-corrected chi connectivity index (χ2v) is 6.66. The number of fused-ring (bicyclic) bond motifs is 1. The molecular formula is C16H14Br2. The zero-order valence-corrected chi connectivity index (χ0v) is 13.3. The van der Waals surface area contributed by atoms with Gasteiger partial charge in [0.1, 0.15) is 0 Å². The quantitative estimate of drug-likeness (QED) is 0.594. The summed E-state index contributed by atoms with van der Waals surface area (Å²) in [4.78, 5) is 0. The number of hydrogen-bond acceptors (Lipinski definition) is 0. The molecule has 0 fully saturated rings. The van der Waals surface area contributed by atoms with Crippen LogP contribution in [0.15, 0.2) is 51.4 Å². The van der Waals surface area contributed by atoms with Gasteiger partial charge in [0.25, 0.3) is 0 Å². The second kappa shape index (κ2) is 4.82. The van der Waals surface area contributed by atoms with E-state index in [9.17, 15) is 0 Å². The first-order valence-electron chi connectivity index (χ1n) is 6.21. The SMILES string of the molecule is CC1CC(c2ccccc2Br)c2cccc(Br)c21. The molecule has 0 radical (unpaired) electrons. The highest BCUT2D eigenvalue weighted by Crippen LogP contribution is 2.48. The minimum atomic E-state index is 0.517. The summed E-state index contributed by atoms with van der Waals surface area (Å²) in [6.45, 7) is 2.32. The van der Waals surface area contributed by atoms with Gasteiger partial charge in [0.05, 0.1) is 0 Å². The van der Waals surface area contributed by atoms with Gasteiger partial charge >= 0.3 is 0 Å². The Morgan fingerprint density at radius 1 is 0.889 bits per heavy atom. The summed E-state index contributed by atoms with van der Waals surface area (Å²) in [6, 6.07) is 15.1. The molecule has 0 bridgehead atoms. The molecule has 0 spiro atoms. The summed E-state index contributed by atoms with van der Waals surface area (Å²) < 4.78 is 2.47. The van der Waals surface area contributed by atoms with Crippen LogP contribution in [0.3, 0.4) is 0 Å². The molecule has 0 N–H and O–H groups in total. The fourth-order valence-corrected chi connectivity index (χ4v) is 4.36. The molecule has 0 saturated carbocycles. The average molecular weight is 366 g/mol. The van der Waals surface area contributed by atoms with Crippen molar-refractivity contribution in [1.29, 1.82) is 0 Å². The van der Waals surface area contributed by atoms with Gasteiger partial charge in [-0.15, -0.1) is 0 Å². The summed E-state index contributed by atoms with van der Waals surface area (Å²) in [7, 11) is 0. The first kappa shape index (κ1) is 12.4. The summed E-state index contributed by atoms with van der Waals surface area (Å²) in [6.07, 6.45) is 1.20. The normalized spacial score (nSPS) is 21.9. The van der Waals surface area contributed by atoms with E-state index in [-0.39, 0.29) is 0 Å². The minimum Gasteiger partial charge on any atom is -0.0619 e. The zero-order chi connectivity index (χ0) is 12.7. The fraction of sp³-hybridized carbons (Fsp3) is 0.250. The highest BCUT2D eigenvalue weighted by atomic mass is 79.9. The molecule has 0 heterocycles. The van der Waals surface area contributed by atoms with Gasteiger partial charge in [0, 0.05) is 14.9 Å². The van der Waals surface area contributed by atoms with E-state index in [1.165, 1.54) is 32.1 Å². The van der Waals surface area contributed by atoms with Gasteiger partial charge in [0.15, 0.2) is 0 Å². The summed E-state index contributed by atoms with van der Waals surface area (Å²) in [5.41, 5.74) is 4.36. The van der Waals surface area contributed by atoms with Crippen LogP contribution in [0.2, 0.25) is 0 Å². The summed E-state index contributed by atoms with van der Waals surface area (Å²) in [5, 5.41) is 0. The van der Waals surface area contributed by atoms with E-state index in [1.807, 2.05) is 0 Å². The lowest BCUT2D eigenvalue weighted by Crippen LogP contribution is -1.97. The van der Waals surface area contributed by atoms with Crippen molar-refractivity contribution in [3.05, 3.63) is 68.1 Å². The molecule has 2 unspecified atom stereocenters. The molecule has 0 saturated heterocycles. The van der Waals surface area contributed by atoms with Crippen molar-refractivity contribution in [1.82, 2.24) is 0 Å². The standard InChI is InChI=1S/C16H14Br2/c1-10-9-13(11-5-2-3-7-14(11)17)12-6-4-8-15(18)16(10)12/h2-8,10,13H,9H2,1H3. The average Bonchev–Trinajstić information content (AvgIpc) is 2.69. The Labute approximate surface area is 125 Å². The minimum absolute atomic E-state index is 0.517. The molecule has 0 amide bonds.